The molecule has 0 aliphatic carbocycles. The van der Waals surface area contributed by atoms with Crippen molar-refractivity contribution < 1.29 is 21.1 Å². The van der Waals surface area contributed by atoms with E-state index in [1.807, 2.05) is 6.20 Å². The van der Waals surface area contributed by atoms with Gasteiger partial charge >= 0.3 is 0 Å². The van der Waals surface area contributed by atoms with Crippen molar-refractivity contribution in [3.63, 3.8) is 0 Å². The number of aromatic nitrogens is 2. The quantitative estimate of drug-likeness (QED) is 0.142. The van der Waals surface area contributed by atoms with E-state index in [2.05, 4.69) is 235 Å². The molecule has 0 N–H and O–H groups in total. The van der Waals surface area contributed by atoms with Crippen LogP contribution in [0.3, 0.4) is 0 Å². The predicted molar refractivity (Wildman–Crippen MR) is 240 cm³/mol. The summed E-state index contributed by atoms with van der Waals surface area (Å²) in [6, 6.07) is 69.8. The monoisotopic (exact) mass is 943 g/mol. The summed E-state index contributed by atoms with van der Waals surface area (Å²) in [5.41, 5.74) is 13.1. The molecule has 0 amide bonds. The first-order chi connectivity index (χ1) is 28.4. The van der Waals surface area contributed by atoms with Crippen molar-refractivity contribution in [1.29, 1.82) is 0 Å². The van der Waals surface area contributed by atoms with Gasteiger partial charge in [-0.1, -0.05) is 111 Å². The standard InChI is InChI=1S/C53H42N5.Pt/c1-53(2,3)40-32-39(33-45(35-40)56-37-55(41-17-7-4-8-18-41)49-25-15-16-26-50(49)56)31-38-27-28-47-46-23-13-14-24-48(46)58(51(47)34-38)52-36-44(29-30-54-52)57(42-19-9-5-10-20-42)43-21-11-6-12-22-43;/h4-30,32,35-37H,31H2,1-3H3;/q-3;. The number of rotatable bonds is 8. The molecule has 0 atom stereocenters. The number of para-hydroxylation sites is 6. The number of benzene rings is 7. The van der Waals surface area contributed by atoms with Crippen LogP contribution in [0.2, 0.25) is 0 Å². The van der Waals surface area contributed by atoms with E-state index in [1.54, 1.807) is 0 Å². The van der Waals surface area contributed by atoms with Gasteiger partial charge in [-0.25, -0.2) is 4.98 Å². The fourth-order valence-electron chi connectivity index (χ4n) is 8.12. The Morgan fingerprint density at radius 3 is 1.90 bits per heavy atom. The molecule has 0 saturated heterocycles. The summed E-state index contributed by atoms with van der Waals surface area (Å²) < 4.78 is 2.26. The van der Waals surface area contributed by atoms with Crippen molar-refractivity contribution in [2.45, 2.75) is 32.6 Å². The van der Waals surface area contributed by atoms with Crippen molar-refractivity contribution in [3.05, 3.63) is 218 Å². The van der Waals surface area contributed by atoms with Gasteiger partial charge in [0.15, 0.2) is 0 Å². The molecule has 0 bridgehead atoms. The number of nitrogens with zero attached hydrogens (tertiary/aromatic N) is 5. The number of anilines is 7. The van der Waals surface area contributed by atoms with Gasteiger partial charge in [0, 0.05) is 67.3 Å². The van der Waals surface area contributed by atoms with Gasteiger partial charge in [0.2, 0.25) is 0 Å². The topological polar surface area (TPSA) is 27.5 Å². The molecule has 0 unspecified atom stereocenters. The largest absolute Gasteiger partial charge is 0.493 e. The van der Waals surface area contributed by atoms with Crippen LogP contribution in [0.1, 0.15) is 37.5 Å². The van der Waals surface area contributed by atoms with Crippen LogP contribution < -0.4 is 14.7 Å². The predicted octanol–water partition coefficient (Wildman–Crippen LogP) is 13.5. The van der Waals surface area contributed by atoms with Crippen molar-refractivity contribution >= 4 is 61.6 Å². The summed E-state index contributed by atoms with van der Waals surface area (Å²) >= 11 is 0. The number of fused-ring (bicyclic) bond motifs is 4. The zero-order valence-electron chi connectivity index (χ0n) is 33.2. The zero-order valence-corrected chi connectivity index (χ0v) is 35.4. The summed E-state index contributed by atoms with van der Waals surface area (Å²) in [6.07, 6.45) is 2.59. The fourth-order valence-corrected chi connectivity index (χ4v) is 8.12. The van der Waals surface area contributed by atoms with Crippen LogP contribution in [0.25, 0.3) is 27.6 Å². The van der Waals surface area contributed by atoms with E-state index in [-0.39, 0.29) is 26.5 Å². The minimum atomic E-state index is -0.0683. The summed E-state index contributed by atoms with van der Waals surface area (Å²) in [4.78, 5) is 11.8. The second-order valence-electron chi connectivity index (χ2n) is 15.9. The molecule has 0 saturated carbocycles. The SMILES string of the molecule is CC(C)(C)c1cc(Cc2[c-]c3c(cc2)c2ccccc2n3-c2cc(N(c3ccccc3)c3ccccc3)ccn2)[c-]c(N2[CH-]N(c3ccccc3)c3ccccc32)c1.[Pt]. The molecule has 3 heterocycles. The minimum Gasteiger partial charge on any atom is -0.493 e. The minimum absolute atomic E-state index is 0. The van der Waals surface area contributed by atoms with Crippen molar-refractivity contribution in [2.24, 2.45) is 0 Å². The average molecular weight is 944 g/mol. The van der Waals surface area contributed by atoms with Crippen LogP contribution in [0.15, 0.2) is 182 Å². The van der Waals surface area contributed by atoms with Crippen molar-refractivity contribution in [1.82, 2.24) is 9.55 Å². The van der Waals surface area contributed by atoms with Gasteiger partial charge in [-0.2, -0.15) is 47.0 Å². The zero-order chi connectivity index (χ0) is 39.2. The molecule has 0 spiro atoms. The van der Waals surface area contributed by atoms with Crippen LogP contribution in [-0.4, -0.2) is 9.55 Å². The number of pyridine rings is 1. The van der Waals surface area contributed by atoms with E-state index in [1.165, 1.54) is 10.9 Å². The maximum atomic E-state index is 5.00. The van der Waals surface area contributed by atoms with Crippen molar-refractivity contribution in [2.75, 3.05) is 14.7 Å². The third-order valence-corrected chi connectivity index (χ3v) is 11.0. The van der Waals surface area contributed by atoms with Crippen LogP contribution in [-0.2, 0) is 32.9 Å². The maximum Gasteiger partial charge on any atom is 0.137 e. The van der Waals surface area contributed by atoms with Gasteiger partial charge < -0.3 is 19.3 Å². The number of hydrogen-bond donors (Lipinski definition) is 0. The summed E-state index contributed by atoms with van der Waals surface area (Å²) in [5.74, 6) is 0.837. The summed E-state index contributed by atoms with van der Waals surface area (Å²) in [5, 5.41) is 2.32. The molecule has 2 aromatic heterocycles. The molecule has 59 heavy (non-hydrogen) atoms. The van der Waals surface area contributed by atoms with Crippen LogP contribution in [0.4, 0.5) is 39.8 Å². The van der Waals surface area contributed by atoms with E-state index in [9.17, 15) is 0 Å². The van der Waals surface area contributed by atoms with E-state index >= 15 is 0 Å². The summed E-state index contributed by atoms with van der Waals surface area (Å²) in [6.45, 7) is 9.03. The molecule has 6 heteroatoms. The van der Waals surface area contributed by atoms with E-state index in [0.717, 1.165) is 73.2 Å². The average Bonchev–Trinajstić information content (AvgIpc) is 3.81. The Kier molecular flexibility index (Phi) is 10.2. The molecular formula is C53H42N5Pt-3. The molecule has 5 nitrogen and oxygen atoms in total. The number of hydrogen-bond acceptors (Lipinski definition) is 4. The normalized spacial score (nSPS) is 12.5. The Morgan fingerprint density at radius 1 is 0.576 bits per heavy atom. The molecule has 7 aromatic carbocycles. The van der Waals surface area contributed by atoms with Crippen LogP contribution in [0.5, 0.6) is 0 Å². The maximum absolute atomic E-state index is 5.00. The van der Waals surface area contributed by atoms with Gasteiger partial charge in [0.1, 0.15) is 5.82 Å². The van der Waals surface area contributed by atoms with Crippen LogP contribution in [0, 0.1) is 18.8 Å². The Bertz CT molecular complexity index is 2860. The van der Waals surface area contributed by atoms with E-state index < -0.39 is 0 Å². The van der Waals surface area contributed by atoms with E-state index in [4.69, 9.17) is 4.98 Å². The van der Waals surface area contributed by atoms with Gasteiger partial charge in [0.25, 0.3) is 0 Å². The Balaban J connectivity index is 0.00000449. The molecule has 292 valence electrons. The molecule has 10 rings (SSSR count). The molecule has 1 aliphatic heterocycles. The van der Waals surface area contributed by atoms with Gasteiger partial charge in [-0.15, -0.1) is 23.8 Å². The third-order valence-electron chi connectivity index (χ3n) is 11.0. The van der Waals surface area contributed by atoms with Gasteiger partial charge in [-0.3, -0.25) is 0 Å². The Morgan fingerprint density at radius 2 is 1.20 bits per heavy atom. The first-order valence-corrected chi connectivity index (χ1v) is 19.8. The second kappa shape index (κ2) is 15.7. The first-order valence-electron chi connectivity index (χ1n) is 19.8. The van der Waals surface area contributed by atoms with Gasteiger partial charge in [-0.05, 0) is 77.9 Å². The third kappa shape index (κ3) is 7.21. The van der Waals surface area contributed by atoms with Crippen LogP contribution >= 0.6 is 0 Å². The summed E-state index contributed by atoms with van der Waals surface area (Å²) in [7, 11) is 0. The Hall–Kier alpha value is -6.42. The molecule has 1 aliphatic rings. The molecule has 0 radical (unpaired) electrons. The Labute approximate surface area is 361 Å². The molecule has 0 fully saturated rings. The van der Waals surface area contributed by atoms with E-state index in [0.29, 0.717) is 6.42 Å². The van der Waals surface area contributed by atoms with Gasteiger partial charge in [0.05, 0.1) is 5.69 Å². The molecular weight excluding hydrogens is 902 g/mol. The fraction of sp³-hybridized carbons (Fsp3) is 0.0943. The second-order valence-corrected chi connectivity index (χ2v) is 15.9. The first kappa shape index (κ1) is 38.1. The molecule has 9 aromatic rings. The smallest absolute Gasteiger partial charge is 0.137 e. The van der Waals surface area contributed by atoms with Crippen molar-refractivity contribution in [3.8, 4) is 5.82 Å².